The van der Waals surface area contributed by atoms with Gasteiger partial charge in [-0.15, -0.1) is 0 Å². The largest absolute Gasteiger partial charge is 0.308 e. The van der Waals surface area contributed by atoms with E-state index in [9.17, 15) is 21.0 Å². The summed E-state index contributed by atoms with van der Waals surface area (Å²) in [5, 5.41) is 42.8. The van der Waals surface area contributed by atoms with Crippen molar-refractivity contribution in [3.63, 3.8) is 0 Å². The van der Waals surface area contributed by atoms with Gasteiger partial charge in [0.1, 0.15) is 0 Å². The molecule has 0 aliphatic carbocycles. The molecule has 0 saturated heterocycles. The number of rotatable bonds is 8. The van der Waals surface area contributed by atoms with E-state index < -0.39 is 0 Å². The number of nitrogens with zero attached hydrogens (tertiary/aromatic N) is 8. The van der Waals surface area contributed by atoms with Crippen LogP contribution in [0.25, 0.3) is 106 Å². The van der Waals surface area contributed by atoms with Crippen molar-refractivity contribution < 1.29 is 0 Å². The molecule has 0 fully saturated rings. The Kier molecular flexibility index (Phi) is 10.6. The zero-order chi connectivity index (χ0) is 46.8. The molecule has 2 heterocycles. The van der Waals surface area contributed by atoms with Crippen molar-refractivity contribution in [2.24, 2.45) is 0 Å². The highest BCUT2D eigenvalue weighted by atomic mass is 15.0. The second-order valence-corrected chi connectivity index (χ2v) is 16.5. The minimum absolute atomic E-state index is 0.438. The van der Waals surface area contributed by atoms with E-state index in [-0.39, 0.29) is 0 Å². The lowest BCUT2D eigenvalue weighted by Crippen LogP contribution is -2.04. The van der Waals surface area contributed by atoms with Gasteiger partial charge in [0.25, 0.3) is 0 Å². The molecule has 2 aromatic heterocycles. The monoisotopic (exact) mass is 878 g/mol. The van der Waals surface area contributed by atoms with E-state index in [2.05, 4.69) is 65.2 Å². The summed E-state index contributed by atoms with van der Waals surface area (Å²) < 4.78 is 2.25. The average molecular weight is 879 g/mol. The molecule has 0 saturated carbocycles. The van der Waals surface area contributed by atoms with E-state index in [1.54, 1.807) is 12.1 Å². The maximum atomic E-state index is 10.3. The summed E-state index contributed by atoms with van der Waals surface area (Å²) in [5.41, 5.74) is 13.4. The zero-order valence-corrected chi connectivity index (χ0v) is 36.7. The van der Waals surface area contributed by atoms with Crippen LogP contribution in [0.15, 0.2) is 206 Å². The Morgan fingerprint density at radius 1 is 0.304 bits per heavy atom. The molecule has 69 heavy (non-hydrogen) atoms. The van der Waals surface area contributed by atoms with Crippen molar-refractivity contribution >= 4 is 21.8 Å². The SMILES string of the molecule is N#Cc1cccc(-c2cc(-c3nc(-c4ccccc4)nc(-c4ccccc4)n3)cc(-c3cccc(C#N)c3)c2-n2c3ccc(-c4ccccc4C#N)cc3c3cc(-c4ccccc4C#N)ccc32)c1. The van der Waals surface area contributed by atoms with Gasteiger partial charge in [-0.3, -0.25) is 0 Å². The molecule has 0 aliphatic rings. The standard InChI is InChI=1S/C61H34N8/c62-35-39-13-11-21-43(29-39)52-33-49(61-67-59(41-15-3-1-4-16-41)66-60(68-61)42-17-5-2-6-18-42)34-53(44-22-12-14-40(30-44)36-63)58(52)69-56-27-25-45(50-23-9-7-19-47(50)37-64)31-54(56)55-32-46(26-28-57(55)69)51-24-10-8-20-48(51)38-65/h1-34H. The smallest absolute Gasteiger partial charge is 0.164 e. The maximum Gasteiger partial charge on any atom is 0.164 e. The zero-order valence-electron chi connectivity index (χ0n) is 36.7. The van der Waals surface area contributed by atoms with Crippen LogP contribution in [-0.4, -0.2) is 19.5 Å². The van der Waals surface area contributed by atoms with E-state index in [0.717, 1.165) is 83.1 Å². The van der Waals surface area contributed by atoms with E-state index >= 15 is 0 Å². The van der Waals surface area contributed by atoms with Crippen molar-refractivity contribution in [2.45, 2.75) is 0 Å². The molecule has 11 aromatic rings. The van der Waals surface area contributed by atoms with E-state index in [0.29, 0.717) is 45.3 Å². The van der Waals surface area contributed by atoms with Gasteiger partial charge in [-0.1, -0.05) is 133 Å². The molecule has 0 radical (unpaired) electrons. The van der Waals surface area contributed by atoms with Gasteiger partial charge in [0.05, 0.1) is 63.3 Å². The number of hydrogen-bond donors (Lipinski definition) is 0. The minimum atomic E-state index is 0.438. The predicted molar refractivity (Wildman–Crippen MR) is 271 cm³/mol. The van der Waals surface area contributed by atoms with Crippen molar-refractivity contribution in [3.8, 4) is 109 Å². The number of hydrogen-bond acceptors (Lipinski definition) is 7. The highest BCUT2D eigenvalue weighted by molar-refractivity contribution is 6.13. The second kappa shape index (κ2) is 17.6. The molecule has 0 atom stereocenters. The van der Waals surface area contributed by atoms with Crippen LogP contribution in [-0.2, 0) is 0 Å². The lowest BCUT2D eigenvalue weighted by atomic mass is 9.91. The Hall–Kier alpha value is -10.3. The molecular formula is C61H34N8. The molecular weight excluding hydrogens is 845 g/mol. The number of benzene rings is 9. The first-order chi connectivity index (χ1) is 34.0. The number of fused-ring (bicyclic) bond motifs is 3. The number of nitriles is 4. The van der Waals surface area contributed by atoms with Crippen LogP contribution >= 0.6 is 0 Å². The Bertz CT molecular complexity index is 3760. The van der Waals surface area contributed by atoms with Crippen LogP contribution in [0, 0.1) is 45.3 Å². The second-order valence-electron chi connectivity index (χ2n) is 16.5. The van der Waals surface area contributed by atoms with Crippen molar-refractivity contribution in [2.75, 3.05) is 0 Å². The highest BCUT2D eigenvalue weighted by Gasteiger charge is 2.25. The first-order valence-electron chi connectivity index (χ1n) is 22.2. The summed E-state index contributed by atoms with van der Waals surface area (Å²) in [6, 6.07) is 76.0. The molecule has 0 bridgehead atoms. The summed E-state index contributed by atoms with van der Waals surface area (Å²) in [6.45, 7) is 0. The summed E-state index contributed by atoms with van der Waals surface area (Å²) in [7, 11) is 0. The Labute approximate surface area is 397 Å². The Morgan fingerprint density at radius 3 is 1.13 bits per heavy atom. The average Bonchev–Trinajstić information content (AvgIpc) is 3.75. The van der Waals surface area contributed by atoms with Crippen molar-refractivity contribution in [1.29, 1.82) is 21.0 Å². The molecule has 8 heteroatoms. The molecule has 0 amide bonds. The molecule has 318 valence electrons. The van der Waals surface area contributed by atoms with Crippen LogP contribution in [0.3, 0.4) is 0 Å². The molecule has 0 unspecified atom stereocenters. The third-order valence-corrected chi connectivity index (χ3v) is 12.4. The molecule has 9 aromatic carbocycles. The van der Waals surface area contributed by atoms with Crippen LogP contribution in [0.1, 0.15) is 22.3 Å². The van der Waals surface area contributed by atoms with Gasteiger partial charge in [0.15, 0.2) is 17.5 Å². The van der Waals surface area contributed by atoms with E-state index in [4.69, 9.17) is 15.0 Å². The topological polar surface area (TPSA) is 139 Å². The molecule has 0 aliphatic heterocycles. The van der Waals surface area contributed by atoms with Crippen LogP contribution in [0.4, 0.5) is 0 Å². The predicted octanol–water partition coefficient (Wildman–Crippen LogP) is 14.1. The van der Waals surface area contributed by atoms with E-state index in [1.165, 1.54) is 0 Å². The van der Waals surface area contributed by atoms with Crippen LogP contribution in [0.2, 0.25) is 0 Å². The van der Waals surface area contributed by atoms with Gasteiger partial charge in [-0.2, -0.15) is 21.0 Å². The quantitative estimate of drug-likeness (QED) is 0.148. The summed E-state index contributed by atoms with van der Waals surface area (Å²) in [6.07, 6.45) is 0. The third kappa shape index (κ3) is 7.59. The summed E-state index contributed by atoms with van der Waals surface area (Å²) in [5.74, 6) is 1.46. The van der Waals surface area contributed by atoms with Gasteiger partial charge in [-0.05, 0) is 106 Å². The van der Waals surface area contributed by atoms with Crippen LogP contribution < -0.4 is 0 Å². The highest BCUT2D eigenvalue weighted by Crippen LogP contribution is 2.45. The fourth-order valence-electron chi connectivity index (χ4n) is 9.16. The van der Waals surface area contributed by atoms with Gasteiger partial charge in [-0.25, -0.2) is 15.0 Å². The first kappa shape index (κ1) is 41.5. The maximum absolute atomic E-state index is 10.3. The summed E-state index contributed by atoms with van der Waals surface area (Å²) in [4.78, 5) is 15.3. The molecule has 0 N–H and O–H groups in total. The van der Waals surface area contributed by atoms with Gasteiger partial charge >= 0.3 is 0 Å². The lowest BCUT2D eigenvalue weighted by molar-refractivity contribution is 1.07. The number of aromatic nitrogens is 4. The Morgan fingerprint density at radius 2 is 0.696 bits per heavy atom. The Balaban J connectivity index is 1.28. The van der Waals surface area contributed by atoms with Gasteiger partial charge in [0, 0.05) is 38.6 Å². The fraction of sp³-hybridized carbons (Fsp3) is 0. The third-order valence-electron chi connectivity index (χ3n) is 12.4. The fourth-order valence-corrected chi connectivity index (χ4v) is 9.16. The van der Waals surface area contributed by atoms with Gasteiger partial charge < -0.3 is 4.57 Å². The first-order valence-corrected chi connectivity index (χ1v) is 22.2. The van der Waals surface area contributed by atoms with Gasteiger partial charge in [0.2, 0.25) is 0 Å². The molecule has 11 rings (SSSR count). The van der Waals surface area contributed by atoms with Crippen LogP contribution in [0.5, 0.6) is 0 Å². The van der Waals surface area contributed by atoms with Crippen molar-refractivity contribution in [3.05, 3.63) is 229 Å². The molecule has 0 spiro atoms. The minimum Gasteiger partial charge on any atom is -0.308 e. The normalized spacial score (nSPS) is 10.8. The van der Waals surface area contributed by atoms with Crippen molar-refractivity contribution in [1.82, 2.24) is 19.5 Å². The summed E-state index contributed by atoms with van der Waals surface area (Å²) >= 11 is 0. The molecule has 8 nitrogen and oxygen atoms in total. The lowest BCUT2D eigenvalue weighted by Gasteiger charge is -2.21. The van der Waals surface area contributed by atoms with E-state index in [1.807, 2.05) is 158 Å².